The minimum absolute atomic E-state index is 0.0984. The zero-order valence-corrected chi connectivity index (χ0v) is 13.1. The molecular weight excluding hydrogens is 280 g/mol. The quantitative estimate of drug-likeness (QED) is 0.926. The number of thiophene rings is 1. The van der Waals surface area contributed by atoms with E-state index < -0.39 is 10.0 Å². The van der Waals surface area contributed by atoms with Crippen LogP contribution in [0.25, 0.3) is 0 Å². The van der Waals surface area contributed by atoms with Crippen molar-refractivity contribution in [2.24, 2.45) is 11.7 Å². The van der Waals surface area contributed by atoms with Gasteiger partial charge in [-0.25, -0.2) is 8.42 Å². The van der Waals surface area contributed by atoms with Gasteiger partial charge < -0.3 is 5.73 Å². The maximum Gasteiger partial charge on any atom is 0.252 e. The third-order valence-corrected chi connectivity index (χ3v) is 7.24. The second-order valence-corrected chi connectivity index (χ2v) is 8.65. The van der Waals surface area contributed by atoms with Gasteiger partial charge in [0.2, 0.25) is 0 Å². The van der Waals surface area contributed by atoms with Gasteiger partial charge in [0, 0.05) is 17.5 Å². The monoisotopic (exact) mass is 302 g/mol. The molecule has 0 radical (unpaired) electrons. The second kappa shape index (κ2) is 5.91. The average Bonchev–Trinajstić information content (AvgIpc) is 2.82. The molecule has 1 aromatic heterocycles. The van der Waals surface area contributed by atoms with Crippen molar-refractivity contribution in [1.29, 1.82) is 0 Å². The summed E-state index contributed by atoms with van der Waals surface area (Å²) in [4.78, 5) is 1.04. The number of hydrogen-bond donors (Lipinski definition) is 1. The fraction of sp³-hybridized carbons (Fsp3) is 0.692. The summed E-state index contributed by atoms with van der Waals surface area (Å²) in [7, 11) is -3.33. The van der Waals surface area contributed by atoms with E-state index in [4.69, 9.17) is 5.73 Å². The van der Waals surface area contributed by atoms with Crippen molar-refractivity contribution in [3.8, 4) is 0 Å². The van der Waals surface area contributed by atoms with E-state index in [9.17, 15) is 8.42 Å². The standard InChI is InChI=1S/C13H22N2O2S2/c1-10-3-4-11(2)15(9-10)19(16,17)13-6-5-12(18-13)7-8-14/h5-6,10-11H,3-4,7-9,14H2,1-2H3. The molecular formula is C13H22N2O2S2. The summed E-state index contributed by atoms with van der Waals surface area (Å²) in [5, 5.41) is 0. The Kier molecular flexibility index (Phi) is 4.66. The van der Waals surface area contributed by atoms with Crippen LogP contribution in [0.5, 0.6) is 0 Å². The van der Waals surface area contributed by atoms with Crippen molar-refractivity contribution in [3.63, 3.8) is 0 Å². The summed E-state index contributed by atoms with van der Waals surface area (Å²) in [5.74, 6) is 0.439. The van der Waals surface area contributed by atoms with Gasteiger partial charge in [0.15, 0.2) is 0 Å². The van der Waals surface area contributed by atoms with E-state index in [1.807, 2.05) is 13.0 Å². The van der Waals surface area contributed by atoms with Crippen LogP contribution in [0, 0.1) is 5.92 Å². The van der Waals surface area contributed by atoms with Crippen LogP contribution >= 0.6 is 11.3 Å². The van der Waals surface area contributed by atoms with Gasteiger partial charge in [-0.2, -0.15) is 4.31 Å². The molecule has 2 N–H and O–H groups in total. The Labute approximate surface area is 119 Å². The van der Waals surface area contributed by atoms with Crippen molar-refractivity contribution >= 4 is 21.4 Å². The van der Waals surface area contributed by atoms with Gasteiger partial charge in [-0.3, -0.25) is 0 Å². The second-order valence-electron chi connectivity index (χ2n) is 5.37. The van der Waals surface area contributed by atoms with E-state index in [2.05, 4.69) is 6.92 Å². The van der Waals surface area contributed by atoms with E-state index in [-0.39, 0.29) is 6.04 Å². The zero-order valence-electron chi connectivity index (χ0n) is 11.5. The smallest absolute Gasteiger partial charge is 0.252 e. The van der Waals surface area contributed by atoms with Crippen LogP contribution in [0.15, 0.2) is 16.3 Å². The van der Waals surface area contributed by atoms with Crippen LogP contribution in [0.2, 0.25) is 0 Å². The van der Waals surface area contributed by atoms with Crippen molar-refractivity contribution in [1.82, 2.24) is 4.31 Å². The Hall–Kier alpha value is -0.430. The number of nitrogens with two attached hydrogens (primary N) is 1. The van der Waals surface area contributed by atoms with E-state index in [0.717, 1.165) is 24.1 Å². The van der Waals surface area contributed by atoms with E-state index in [1.54, 1.807) is 10.4 Å². The first-order valence-electron chi connectivity index (χ1n) is 6.75. The fourth-order valence-corrected chi connectivity index (χ4v) is 5.75. The van der Waals surface area contributed by atoms with E-state index in [0.29, 0.717) is 23.2 Å². The molecule has 2 atom stereocenters. The highest BCUT2D eigenvalue weighted by Gasteiger charge is 2.34. The first-order chi connectivity index (χ1) is 8.95. The predicted molar refractivity (Wildman–Crippen MR) is 78.8 cm³/mol. The topological polar surface area (TPSA) is 63.4 Å². The van der Waals surface area contributed by atoms with Crippen molar-refractivity contribution < 1.29 is 8.42 Å². The molecule has 0 aromatic carbocycles. The van der Waals surface area contributed by atoms with Gasteiger partial charge in [0.1, 0.15) is 4.21 Å². The lowest BCUT2D eigenvalue weighted by atomic mass is 9.97. The molecule has 1 saturated heterocycles. The summed E-state index contributed by atoms with van der Waals surface area (Å²) in [6.45, 7) is 5.30. The Morgan fingerprint density at radius 1 is 1.37 bits per heavy atom. The Morgan fingerprint density at radius 2 is 2.11 bits per heavy atom. The van der Waals surface area contributed by atoms with Gasteiger partial charge in [0.05, 0.1) is 0 Å². The highest BCUT2D eigenvalue weighted by atomic mass is 32.2. The predicted octanol–water partition coefficient (Wildman–Crippen LogP) is 2.06. The van der Waals surface area contributed by atoms with Crippen molar-refractivity contribution in [3.05, 3.63) is 17.0 Å². The number of nitrogens with zero attached hydrogens (tertiary/aromatic N) is 1. The van der Waals surface area contributed by atoms with Gasteiger partial charge in [-0.1, -0.05) is 6.92 Å². The highest BCUT2D eigenvalue weighted by molar-refractivity contribution is 7.91. The van der Waals surface area contributed by atoms with Crippen LogP contribution in [0.4, 0.5) is 0 Å². The molecule has 19 heavy (non-hydrogen) atoms. The summed E-state index contributed by atoms with van der Waals surface area (Å²) in [6.07, 6.45) is 2.80. The number of hydrogen-bond acceptors (Lipinski definition) is 4. The van der Waals surface area contributed by atoms with E-state index >= 15 is 0 Å². The van der Waals surface area contributed by atoms with Crippen LogP contribution in [0.1, 0.15) is 31.6 Å². The summed E-state index contributed by atoms with van der Waals surface area (Å²) in [5.41, 5.74) is 5.51. The number of sulfonamides is 1. The summed E-state index contributed by atoms with van der Waals surface area (Å²) in [6, 6.07) is 3.70. The minimum atomic E-state index is -3.33. The van der Waals surface area contributed by atoms with Gasteiger partial charge in [-0.05, 0) is 50.8 Å². The zero-order chi connectivity index (χ0) is 14.0. The minimum Gasteiger partial charge on any atom is -0.330 e. The molecule has 1 fully saturated rings. The Bertz CT molecular complexity index is 525. The van der Waals surface area contributed by atoms with E-state index in [1.165, 1.54) is 11.3 Å². The van der Waals surface area contributed by atoms with Crippen LogP contribution in [-0.2, 0) is 16.4 Å². The maximum atomic E-state index is 12.7. The summed E-state index contributed by atoms with van der Waals surface area (Å²) < 4.78 is 27.5. The molecule has 1 aliphatic heterocycles. The fourth-order valence-electron chi connectivity index (χ4n) is 2.47. The Morgan fingerprint density at radius 3 is 2.79 bits per heavy atom. The van der Waals surface area contributed by atoms with Gasteiger partial charge in [0.25, 0.3) is 10.0 Å². The number of rotatable bonds is 4. The normalized spacial score (nSPS) is 25.6. The molecule has 0 aliphatic carbocycles. The van der Waals surface area contributed by atoms with Crippen LogP contribution < -0.4 is 5.73 Å². The molecule has 4 nitrogen and oxygen atoms in total. The molecule has 0 spiro atoms. The lowest BCUT2D eigenvalue weighted by Gasteiger charge is -2.35. The van der Waals surface area contributed by atoms with Crippen molar-refractivity contribution in [2.45, 2.75) is 43.4 Å². The highest BCUT2D eigenvalue weighted by Crippen LogP contribution is 2.31. The average molecular weight is 302 g/mol. The van der Waals surface area contributed by atoms with Crippen molar-refractivity contribution in [2.75, 3.05) is 13.1 Å². The Balaban J connectivity index is 2.24. The third kappa shape index (κ3) is 3.18. The molecule has 0 bridgehead atoms. The molecule has 1 aromatic rings. The molecule has 108 valence electrons. The SMILES string of the molecule is CC1CCC(C)N(S(=O)(=O)c2ccc(CCN)s2)C1. The first-order valence-corrected chi connectivity index (χ1v) is 9.01. The summed E-state index contributed by atoms with van der Waals surface area (Å²) >= 11 is 1.35. The van der Waals surface area contributed by atoms with Crippen LogP contribution in [0.3, 0.4) is 0 Å². The van der Waals surface area contributed by atoms with Crippen LogP contribution in [-0.4, -0.2) is 31.9 Å². The van der Waals surface area contributed by atoms with Gasteiger partial charge >= 0.3 is 0 Å². The lowest BCUT2D eigenvalue weighted by molar-refractivity contribution is 0.218. The molecule has 2 heterocycles. The molecule has 2 rings (SSSR count). The molecule has 0 saturated carbocycles. The van der Waals surface area contributed by atoms with Gasteiger partial charge in [-0.15, -0.1) is 11.3 Å². The lowest BCUT2D eigenvalue weighted by Crippen LogP contribution is -2.44. The molecule has 6 heteroatoms. The largest absolute Gasteiger partial charge is 0.330 e. The molecule has 1 aliphatic rings. The maximum absolute atomic E-state index is 12.7. The molecule has 0 amide bonds. The first kappa shape index (κ1) is 15.0. The molecule has 2 unspecified atom stereocenters. The number of piperidine rings is 1. The third-order valence-electron chi connectivity index (χ3n) is 3.65.